The lowest BCUT2D eigenvalue weighted by atomic mass is 10.1. The van der Waals surface area contributed by atoms with E-state index >= 15 is 0 Å². The second-order valence-electron chi connectivity index (χ2n) is 6.47. The number of para-hydroxylation sites is 2. The quantitative estimate of drug-likeness (QED) is 0.437. The summed E-state index contributed by atoms with van der Waals surface area (Å²) >= 11 is 0. The Morgan fingerprint density at radius 2 is 1.31 bits per heavy atom. The van der Waals surface area contributed by atoms with E-state index in [4.69, 9.17) is 0 Å². The van der Waals surface area contributed by atoms with Crippen LogP contribution in [0.4, 0.5) is 18.9 Å². The molecular formula is C21H17F3N2. The number of nitrogens with zero attached hydrogens (tertiary/aromatic N) is 2. The molecule has 0 aliphatic rings. The fourth-order valence-electron chi connectivity index (χ4n) is 3.43. The summed E-state index contributed by atoms with van der Waals surface area (Å²) in [6, 6.07) is 19.8. The summed E-state index contributed by atoms with van der Waals surface area (Å²) in [4.78, 5) is 1.72. The Labute approximate surface area is 149 Å². The van der Waals surface area contributed by atoms with Crippen molar-refractivity contribution >= 4 is 27.5 Å². The molecule has 2 nitrogen and oxygen atoms in total. The minimum absolute atomic E-state index is 0.520. The molecule has 0 aliphatic heterocycles. The van der Waals surface area contributed by atoms with Crippen LogP contribution in [0.25, 0.3) is 27.5 Å². The Hall–Kier alpha value is -2.95. The lowest BCUT2D eigenvalue weighted by Gasteiger charge is -2.21. The van der Waals surface area contributed by atoms with Crippen LogP contribution in [0.5, 0.6) is 0 Å². The summed E-state index contributed by atoms with van der Waals surface area (Å²) in [5.74, 6) is 0. The summed E-state index contributed by atoms with van der Waals surface area (Å²) in [5, 5.41) is 2.15. The Morgan fingerprint density at radius 3 is 1.81 bits per heavy atom. The van der Waals surface area contributed by atoms with Crippen LogP contribution in [0.3, 0.4) is 0 Å². The maximum Gasteiger partial charge on any atom is 0.416 e. The van der Waals surface area contributed by atoms with Gasteiger partial charge in [-0.25, -0.2) is 0 Å². The fraction of sp³-hybridized carbons (Fsp3) is 0.143. The Balaban J connectivity index is 2.10. The number of hydrogen-bond acceptors (Lipinski definition) is 1. The molecular weight excluding hydrogens is 337 g/mol. The molecule has 0 saturated carbocycles. The second-order valence-corrected chi connectivity index (χ2v) is 6.47. The van der Waals surface area contributed by atoms with Crippen LogP contribution in [0, 0.1) is 0 Å². The zero-order chi connectivity index (χ0) is 18.5. The Kier molecular flexibility index (Phi) is 3.68. The number of benzene rings is 3. The van der Waals surface area contributed by atoms with E-state index in [1.165, 1.54) is 6.07 Å². The lowest BCUT2D eigenvalue weighted by Crippen LogP contribution is -2.15. The van der Waals surface area contributed by atoms with Crippen molar-refractivity contribution in [2.75, 3.05) is 19.0 Å². The highest BCUT2D eigenvalue weighted by Gasteiger charge is 2.31. The van der Waals surface area contributed by atoms with Crippen LogP contribution in [-0.4, -0.2) is 18.7 Å². The molecule has 0 fully saturated rings. The van der Waals surface area contributed by atoms with Crippen LogP contribution in [0.2, 0.25) is 0 Å². The lowest BCUT2D eigenvalue weighted by molar-refractivity contribution is -0.137. The average Bonchev–Trinajstić information content (AvgIpc) is 2.95. The summed E-state index contributed by atoms with van der Waals surface area (Å²) in [6.07, 6.45) is -4.37. The van der Waals surface area contributed by atoms with E-state index in [0.29, 0.717) is 5.69 Å². The minimum atomic E-state index is -4.37. The molecule has 0 saturated heterocycles. The van der Waals surface area contributed by atoms with Gasteiger partial charge in [0.05, 0.1) is 28.0 Å². The topological polar surface area (TPSA) is 8.17 Å². The van der Waals surface area contributed by atoms with Crippen LogP contribution in [0.1, 0.15) is 5.56 Å². The van der Waals surface area contributed by atoms with Crippen molar-refractivity contribution in [2.24, 2.45) is 0 Å². The molecule has 26 heavy (non-hydrogen) atoms. The number of aromatic nitrogens is 1. The van der Waals surface area contributed by atoms with Crippen molar-refractivity contribution in [1.29, 1.82) is 0 Å². The zero-order valence-electron chi connectivity index (χ0n) is 14.4. The smallest absolute Gasteiger partial charge is 0.376 e. The first-order chi connectivity index (χ1) is 12.4. The highest BCUT2D eigenvalue weighted by atomic mass is 19.4. The monoisotopic (exact) mass is 354 g/mol. The van der Waals surface area contributed by atoms with E-state index in [0.717, 1.165) is 33.6 Å². The normalized spacial score (nSPS) is 12.0. The summed E-state index contributed by atoms with van der Waals surface area (Å²) in [5.41, 5.74) is 2.53. The third-order valence-electron chi connectivity index (χ3n) is 4.61. The second kappa shape index (κ2) is 5.80. The number of fused-ring (bicyclic) bond motifs is 3. The minimum Gasteiger partial charge on any atom is -0.376 e. The number of hydrogen-bond donors (Lipinski definition) is 0. The zero-order valence-corrected chi connectivity index (χ0v) is 14.4. The van der Waals surface area contributed by atoms with E-state index in [1.54, 1.807) is 25.1 Å². The molecule has 0 atom stereocenters. The van der Waals surface area contributed by atoms with Gasteiger partial charge in [-0.05, 0) is 30.3 Å². The van der Waals surface area contributed by atoms with Gasteiger partial charge < -0.3 is 9.47 Å². The average molecular weight is 354 g/mol. The largest absolute Gasteiger partial charge is 0.416 e. The number of rotatable bonds is 2. The molecule has 4 aromatic rings. The standard InChI is InChI=1S/C21H17F3N2/c1-25(2)20-13-14(21(22,23)24)11-12-19(20)26-17-9-5-3-7-15(17)16-8-4-6-10-18(16)26/h3-13H,1-2H3. The molecule has 0 radical (unpaired) electrons. The first-order valence-corrected chi connectivity index (χ1v) is 8.25. The van der Waals surface area contributed by atoms with Crippen molar-refractivity contribution in [3.8, 4) is 5.69 Å². The maximum atomic E-state index is 13.2. The molecule has 0 N–H and O–H groups in total. The number of halogens is 3. The van der Waals surface area contributed by atoms with Crippen molar-refractivity contribution in [2.45, 2.75) is 6.18 Å². The molecule has 0 spiro atoms. The van der Waals surface area contributed by atoms with Gasteiger partial charge in [0.15, 0.2) is 0 Å². The third kappa shape index (κ3) is 2.51. The number of alkyl halides is 3. The molecule has 1 aromatic heterocycles. The molecule has 0 aliphatic carbocycles. The predicted octanol–water partition coefficient (Wildman–Crippen LogP) is 5.87. The summed E-state index contributed by atoms with van der Waals surface area (Å²) < 4.78 is 41.6. The Morgan fingerprint density at radius 1 is 0.769 bits per heavy atom. The molecule has 0 amide bonds. The van der Waals surface area contributed by atoms with E-state index < -0.39 is 11.7 Å². The van der Waals surface area contributed by atoms with Crippen molar-refractivity contribution < 1.29 is 13.2 Å². The molecule has 3 aromatic carbocycles. The van der Waals surface area contributed by atoms with E-state index in [-0.39, 0.29) is 0 Å². The van der Waals surface area contributed by atoms with Crippen molar-refractivity contribution in [1.82, 2.24) is 4.57 Å². The van der Waals surface area contributed by atoms with Crippen LogP contribution >= 0.6 is 0 Å². The Bertz CT molecular complexity index is 1050. The van der Waals surface area contributed by atoms with Crippen LogP contribution in [0.15, 0.2) is 66.7 Å². The van der Waals surface area contributed by atoms with Gasteiger partial charge in [0.2, 0.25) is 0 Å². The van der Waals surface area contributed by atoms with Crippen LogP contribution < -0.4 is 4.90 Å². The molecule has 0 unspecified atom stereocenters. The SMILES string of the molecule is CN(C)c1cc(C(F)(F)F)ccc1-n1c2ccccc2c2ccccc21. The van der Waals surface area contributed by atoms with Gasteiger partial charge in [0.25, 0.3) is 0 Å². The van der Waals surface area contributed by atoms with Crippen molar-refractivity contribution in [3.63, 3.8) is 0 Å². The predicted molar refractivity (Wildman–Crippen MR) is 100 cm³/mol. The highest BCUT2D eigenvalue weighted by molar-refractivity contribution is 6.09. The van der Waals surface area contributed by atoms with Gasteiger partial charge in [-0.15, -0.1) is 0 Å². The van der Waals surface area contributed by atoms with E-state index in [9.17, 15) is 13.2 Å². The van der Waals surface area contributed by atoms with E-state index in [1.807, 2.05) is 53.1 Å². The number of anilines is 1. The molecule has 1 heterocycles. The first-order valence-electron chi connectivity index (χ1n) is 8.25. The van der Waals surface area contributed by atoms with Gasteiger partial charge in [0, 0.05) is 24.9 Å². The van der Waals surface area contributed by atoms with Gasteiger partial charge >= 0.3 is 6.18 Å². The fourth-order valence-corrected chi connectivity index (χ4v) is 3.43. The van der Waals surface area contributed by atoms with Gasteiger partial charge in [-0.2, -0.15) is 13.2 Å². The highest BCUT2D eigenvalue weighted by Crippen LogP contribution is 2.38. The maximum absolute atomic E-state index is 13.2. The molecule has 5 heteroatoms. The molecule has 0 bridgehead atoms. The van der Waals surface area contributed by atoms with Crippen molar-refractivity contribution in [3.05, 3.63) is 72.3 Å². The molecule has 4 rings (SSSR count). The summed E-state index contributed by atoms with van der Waals surface area (Å²) in [7, 11) is 3.51. The van der Waals surface area contributed by atoms with E-state index in [2.05, 4.69) is 0 Å². The summed E-state index contributed by atoms with van der Waals surface area (Å²) in [6.45, 7) is 0. The van der Waals surface area contributed by atoms with Gasteiger partial charge in [-0.1, -0.05) is 36.4 Å². The third-order valence-corrected chi connectivity index (χ3v) is 4.61. The van der Waals surface area contributed by atoms with Gasteiger partial charge in [0.1, 0.15) is 0 Å². The van der Waals surface area contributed by atoms with Gasteiger partial charge in [-0.3, -0.25) is 0 Å². The van der Waals surface area contributed by atoms with Crippen LogP contribution in [-0.2, 0) is 6.18 Å². The first kappa shape index (κ1) is 16.5. The molecule has 132 valence electrons.